The summed E-state index contributed by atoms with van der Waals surface area (Å²) in [6.07, 6.45) is 5.14. The summed E-state index contributed by atoms with van der Waals surface area (Å²) in [6.45, 7) is 5.39. The zero-order chi connectivity index (χ0) is 15.7. The van der Waals surface area contributed by atoms with E-state index in [1.54, 1.807) is 0 Å². The van der Waals surface area contributed by atoms with Crippen LogP contribution in [0.1, 0.15) is 28.2 Å². The molecule has 0 fully saturated rings. The molecule has 0 spiro atoms. The predicted octanol–water partition coefficient (Wildman–Crippen LogP) is 4.15. The predicted molar refractivity (Wildman–Crippen MR) is 89.9 cm³/mol. The maximum Gasteiger partial charge on any atom is 0.183 e. The molecule has 1 aliphatic rings. The van der Waals surface area contributed by atoms with E-state index in [9.17, 15) is 4.79 Å². The molecule has 4 heteroatoms. The van der Waals surface area contributed by atoms with Gasteiger partial charge < -0.3 is 9.47 Å². The molecular weight excluding hydrogens is 296 g/mol. The van der Waals surface area contributed by atoms with Crippen LogP contribution in [0.15, 0.2) is 42.6 Å². The van der Waals surface area contributed by atoms with Gasteiger partial charge in [0.05, 0.1) is 6.54 Å². The summed E-state index contributed by atoms with van der Waals surface area (Å²) in [6, 6.07) is 9.66. The first-order valence-corrected chi connectivity index (χ1v) is 7.83. The molecule has 0 amide bonds. The summed E-state index contributed by atoms with van der Waals surface area (Å²) in [5, 5.41) is 0.711. The van der Waals surface area contributed by atoms with E-state index in [4.69, 9.17) is 11.6 Å². The van der Waals surface area contributed by atoms with Gasteiger partial charge in [-0.15, -0.1) is 0 Å². The number of hydrogen-bond donors (Lipinski definition) is 0. The third-order valence-corrected chi connectivity index (χ3v) is 4.31. The minimum absolute atomic E-state index is 0.167. The number of nitrogens with zero attached hydrogens (tertiary/aromatic N) is 2. The van der Waals surface area contributed by atoms with Crippen molar-refractivity contribution >= 4 is 17.4 Å². The fraction of sp³-hybridized carbons (Fsp3) is 0.278. The number of ketones is 1. The van der Waals surface area contributed by atoms with Crippen molar-refractivity contribution in [3.8, 4) is 5.69 Å². The van der Waals surface area contributed by atoms with Crippen LogP contribution >= 0.6 is 11.6 Å². The van der Waals surface area contributed by atoms with Gasteiger partial charge in [0.25, 0.3) is 0 Å². The summed E-state index contributed by atoms with van der Waals surface area (Å²) in [7, 11) is 0. The molecule has 1 aromatic carbocycles. The van der Waals surface area contributed by atoms with Crippen LogP contribution in [-0.2, 0) is 0 Å². The van der Waals surface area contributed by atoms with Crippen LogP contribution < -0.4 is 0 Å². The second kappa shape index (κ2) is 6.01. The molecule has 114 valence electrons. The molecule has 0 aliphatic carbocycles. The lowest BCUT2D eigenvalue weighted by atomic mass is 10.1. The number of benzene rings is 1. The second-order valence-corrected chi connectivity index (χ2v) is 6.10. The molecule has 0 radical (unpaired) electrons. The van der Waals surface area contributed by atoms with Crippen LogP contribution in [0.25, 0.3) is 5.69 Å². The van der Waals surface area contributed by atoms with Crippen LogP contribution in [0.3, 0.4) is 0 Å². The van der Waals surface area contributed by atoms with Gasteiger partial charge in [0.2, 0.25) is 0 Å². The third kappa shape index (κ3) is 2.81. The van der Waals surface area contributed by atoms with Crippen LogP contribution in [0.5, 0.6) is 0 Å². The quantitative estimate of drug-likeness (QED) is 0.792. The van der Waals surface area contributed by atoms with Crippen molar-refractivity contribution < 1.29 is 4.79 Å². The SMILES string of the molecule is Cc1cc(C(=O)CN2C=CCC2)c(C)n1-c1ccc(Cl)cc1. The van der Waals surface area contributed by atoms with Gasteiger partial charge in [-0.25, -0.2) is 0 Å². The van der Waals surface area contributed by atoms with Crippen molar-refractivity contribution in [2.24, 2.45) is 0 Å². The summed E-state index contributed by atoms with van der Waals surface area (Å²) >= 11 is 5.95. The maximum atomic E-state index is 12.6. The Labute approximate surface area is 135 Å². The van der Waals surface area contributed by atoms with Gasteiger partial charge >= 0.3 is 0 Å². The molecule has 2 aromatic rings. The number of aromatic nitrogens is 1. The Bertz CT molecular complexity index is 728. The Morgan fingerprint density at radius 1 is 1.23 bits per heavy atom. The first kappa shape index (κ1) is 14.9. The lowest BCUT2D eigenvalue weighted by Gasteiger charge is -2.14. The van der Waals surface area contributed by atoms with Crippen LogP contribution in [0.2, 0.25) is 5.02 Å². The Kier molecular flexibility index (Phi) is 4.08. The molecule has 0 bridgehead atoms. The number of rotatable bonds is 4. The average molecular weight is 315 g/mol. The van der Waals surface area contributed by atoms with Crippen LogP contribution in [-0.4, -0.2) is 28.3 Å². The van der Waals surface area contributed by atoms with E-state index < -0.39 is 0 Å². The fourth-order valence-electron chi connectivity index (χ4n) is 2.97. The van der Waals surface area contributed by atoms with Gasteiger partial charge in [0.15, 0.2) is 5.78 Å². The van der Waals surface area contributed by atoms with Gasteiger partial charge in [-0.1, -0.05) is 17.7 Å². The van der Waals surface area contributed by atoms with Gasteiger partial charge in [0, 0.05) is 34.2 Å². The number of carbonyl (C=O) groups excluding carboxylic acids is 1. The molecule has 0 N–H and O–H groups in total. The van der Waals surface area contributed by atoms with Crippen molar-refractivity contribution in [3.05, 3.63) is 64.6 Å². The number of halogens is 1. The van der Waals surface area contributed by atoms with Crippen molar-refractivity contribution in [2.45, 2.75) is 20.3 Å². The molecular formula is C18H19ClN2O. The Morgan fingerprint density at radius 2 is 1.95 bits per heavy atom. The van der Waals surface area contributed by atoms with Crippen LogP contribution in [0, 0.1) is 13.8 Å². The molecule has 0 saturated heterocycles. The molecule has 0 atom stereocenters. The van der Waals surface area contributed by atoms with E-state index >= 15 is 0 Å². The Morgan fingerprint density at radius 3 is 2.59 bits per heavy atom. The van der Waals surface area contributed by atoms with Crippen molar-refractivity contribution in [1.82, 2.24) is 9.47 Å². The van der Waals surface area contributed by atoms with Gasteiger partial charge in [-0.05, 0) is 56.8 Å². The number of Topliss-reactive ketones (excluding diaryl/α,β-unsaturated/α-hetero) is 1. The normalized spacial score (nSPS) is 13.9. The third-order valence-electron chi connectivity index (χ3n) is 4.06. The largest absolute Gasteiger partial charge is 0.370 e. The molecule has 2 heterocycles. The highest BCUT2D eigenvalue weighted by atomic mass is 35.5. The van der Waals surface area contributed by atoms with E-state index in [-0.39, 0.29) is 5.78 Å². The highest BCUT2D eigenvalue weighted by molar-refractivity contribution is 6.30. The Hall–Kier alpha value is -2.00. The molecule has 0 unspecified atom stereocenters. The average Bonchev–Trinajstić information content (AvgIpc) is 3.09. The zero-order valence-corrected chi connectivity index (χ0v) is 13.6. The van der Waals surface area contributed by atoms with Gasteiger partial charge in [-0.3, -0.25) is 4.79 Å². The zero-order valence-electron chi connectivity index (χ0n) is 12.8. The standard InChI is InChI=1S/C18H19ClN2O/c1-13-11-17(18(22)12-20-9-3-4-10-20)14(2)21(13)16-7-5-15(19)6-8-16/h3,5-9,11H,4,10,12H2,1-2H3. The topological polar surface area (TPSA) is 25.2 Å². The number of aryl methyl sites for hydroxylation is 1. The highest BCUT2D eigenvalue weighted by Crippen LogP contribution is 2.23. The van der Waals surface area contributed by atoms with E-state index in [2.05, 4.69) is 15.5 Å². The van der Waals surface area contributed by atoms with E-state index in [1.807, 2.05) is 50.4 Å². The lowest BCUT2D eigenvalue weighted by molar-refractivity contribution is 0.0958. The van der Waals surface area contributed by atoms with Crippen LogP contribution in [0.4, 0.5) is 0 Å². The van der Waals surface area contributed by atoms with Crippen molar-refractivity contribution in [1.29, 1.82) is 0 Å². The highest BCUT2D eigenvalue weighted by Gasteiger charge is 2.18. The van der Waals surface area contributed by atoms with Crippen molar-refractivity contribution in [2.75, 3.05) is 13.1 Å². The van der Waals surface area contributed by atoms with Gasteiger partial charge in [0.1, 0.15) is 0 Å². The molecule has 0 saturated carbocycles. The van der Waals surface area contributed by atoms with E-state index in [0.29, 0.717) is 11.6 Å². The summed E-state index contributed by atoms with van der Waals surface area (Å²) in [4.78, 5) is 14.6. The lowest BCUT2D eigenvalue weighted by Crippen LogP contribution is -2.23. The minimum Gasteiger partial charge on any atom is -0.370 e. The molecule has 1 aliphatic heterocycles. The van der Waals surface area contributed by atoms with E-state index in [0.717, 1.165) is 35.6 Å². The molecule has 22 heavy (non-hydrogen) atoms. The van der Waals surface area contributed by atoms with Gasteiger partial charge in [-0.2, -0.15) is 0 Å². The summed E-state index contributed by atoms with van der Waals surface area (Å²) in [5.41, 5.74) is 3.86. The maximum absolute atomic E-state index is 12.6. The first-order valence-electron chi connectivity index (χ1n) is 7.45. The van der Waals surface area contributed by atoms with Crippen molar-refractivity contribution in [3.63, 3.8) is 0 Å². The fourth-order valence-corrected chi connectivity index (χ4v) is 3.10. The molecule has 1 aromatic heterocycles. The van der Waals surface area contributed by atoms with E-state index in [1.165, 1.54) is 0 Å². The molecule has 3 rings (SSSR count). The molecule has 3 nitrogen and oxygen atoms in total. The second-order valence-electron chi connectivity index (χ2n) is 5.66. The first-order chi connectivity index (χ1) is 10.6. The Balaban J connectivity index is 1.90. The monoisotopic (exact) mass is 314 g/mol. The summed E-state index contributed by atoms with van der Waals surface area (Å²) in [5.74, 6) is 0.167. The minimum atomic E-state index is 0.167. The summed E-state index contributed by atoms with van der Waals surface area (Å²) < 4.78 is 2.10. The smallest absolute Gasteiger partial charge is 0.183 e. The number of hydrogen-bond acceptors (Lipinski definition) is 2. The number of carbonyl (C=O) groups is 1.